The Kier molecular flexibility index (Phi) is 9.12. The van der Waals surface area contributed by atoms with Crippen molar-refractivity contribution >= 4 is 11.8 Å². The Morgan fingerprint density at radius 2 is 1.97 bits per heavy atom. The fourth-order valence-electron chi connectivity index (χ4n) is 4.66. The molecule has 0 spiro atoms. The summed E-state index contributed by atoms with van der Waals surface area (Å²) < 4.78 is 16.7. The molecule has 4 N–H and O–H groups in total. The van der Waals surface area contributed by atoms with E-state index in [4.69, 9.17) is 14.2 Å². The van der Waals surface area contributed by atoms with Crippen molar-refractivity contribution in [2.24, 2.45) is 5.92 Å². The molecule has 1 aromatic rings. The topological polar surface area (TPSA) is 138 Å². The van der Waals surface area contributed by atoms with Crippen LogP contribution in [0.4, 0.5) is 0 Å². The molecule has 10 heteroatoms. The van der Waals surface area contributed by atoms with Crippen LogP contribution in [0.3, 0.4) is 0 Å². The first-order chi connectivity index (χ1) is 16.8. The number of hydrogen-bond acceptors (Lipinski definition) is 8. The van der Waals surface area contributed by atoms with Crippen LogP contribution in [-0.2, 0) is 20.9 Å². The first-order valence-electron chi connectivity index (χ1n) is 11.8. The van der Waals surface area contributed by atoms with Gasteiger partial charge in [-0.05, 0) is 36.1 Å². The van der Waals surface area contributed by atoms with Gasteiger partial charge in [-0.25, -0.2) is 0 Å². The van der Waals surface area contributed by atoms with E-state index in [2.05, 4.69) is 5.32 Å². The van der Waals surface area contributed by atoms with Crippen LogP contribution in [0.5, 0.6) is 11.5 Å². The maximum Gasteiger partial charge on any atom is 0.249 e. The van der Waals surface area contributed by atoms with Crippen molar-refractivity contribution in [2.45, 2.75) is 51.0 Å². The molecule has 1 aliphatic heterocycles. The van der Waals surface area contributed by atoms with Gasteiger partial charge in [0.05, 0.1) is 32.3 Å². The molecular formula is C25H36N2O8. The number of ether oxygens (including phenoxy) is 3. The minimum Gasteiger partial charge on any atom is -0.493 e. The molecule has 3 rings (SSSR count). The first kappa shape index (κ1) is 26.9. The van der Waals surface area contributed by atoms with E-state index in [0.29, 0.717) is 47.1 Å². The number of rotatable bonds is 11. The van der Waals surface area contributed by atoms with E-state index in [9.17, 15) is 24.9 Å². The van der Waals surface area contributed by atoms with Gasteiger partial charge < -0.3 is 39.7 Å². The van der Waals surface area contributed by atoms with Crippen molar-refractivity contribution in [3.8, 4) is 11.5 Å². The fraction of sp³-hybridized carbons (Fsp3) is 0.600. The summed E-state index contributed by atoms with van der Waals surface area (Å²) in [5.74, 6) is -0.314. The number of carbonyl (C=O) groups excluding carboxylic acids is 2. The maximum absolute atomic E-state index is 13.2. The van der Waals surface area contributed by atoms with Crippen molar-refractivity contribution in [3.05, 3.63) is 34.9 Å². The van der Waals surface area contributed by atoms with Crippen LogP contribution in [0, 0.1) is 5.92 Å². The molecule has 10 nitrogen and oxygen atoms in total. The predicted molar refractivity (Wildman–Crippen MR) is 127 cm³/mol. The highest BCUT2D eigenvalue weighted by molar-refractivity contribution is 5.96. The Labute approximate surface area is 205 Å². The number of nitrogens with zero attached hydrogens (tertiary/aromatic N) is 1. The number of nitrogens with one attached hydrogen (secondary N) is 1. The molecule has 0 saturated heterocycles. The second kappa shape index (κ2) is 11.9. The minimum absolute atomic E-state index is 0.0498. The Morgan fingerprint density at radius 1 is 1.23 bits per heavy atom. The largest absolute Gasteiger partial charge is 0.493 e. The number of aliphatic hydroxyl groups excluding tert-OH is 3. The second-order valence-corrected chi connectivity index (χ2v) is 9.22. The predicted octanol–water partition coefficient (Wildman–Crippen LogP) is 0.331. The average Bonchev–Trinajstić information content (AvgIpc) is 3.23. The van der Waals surface area contributed by atoms with Gasteiger partial charge >= 0.3 is 0 Å². The van der Waals surface area contributed by atoms with Crippen molar-refractivity contribution < 1.29 is 39.1 Å². The molecule has 1 aliphatic carbocycles. The van der Waals surface area contributed by atoms with Gasteiger partial charge in [-0.1, -0.05) is 13.8 Å². The molecule has 194 valence electrons. The van der Waals surface area contributed by atoms with E-state index in [1.54, 1.807) is 18.2 Å². The van der Waals surface area contributed by atoms with Gasteiger partial charge in [0.1, 0.15) is 18.8 Å². The molecule has 1 heterocycles. The van der Waals surface area contributed by atoms with Gasteiger partial charge in [0, 0.05) is 31.3 Å². The quantitative estimate of drug-likeness (QED) is 0.347. The Morgan fingerprint density at radius 3 is 2.57 bits per heavy atom. The van der Waals surface area contributed by atoms with Gasteiger partial charge in [0.2, 0.25) is 11.8 Å². The molecule has 35 heavy (non-hydrogen) atoms. The third-order valence-electron chi connectivity index (χ3n) is 6.39. The SMILES string of the molecule is COCC(=O)N(CCC(C)C)C1C=C(C(=O)NCCO)C2c3cc(CO)cc(OC)c3OC2C1O. The van der Waals surface area contributed by atoms with Crippen LogP contribution in [0.15, 0.2) is 23.8 Å². The highest BCUT2D eigenvalue weighted by atomic mass is 16.5. The molecular weight excluding hydrogens is 456 g/mol. The first-order valence-corrected chi connectivity index (χ1v) is 11.8. The number of benzene rings is 1. The highest BCUT2D eigenvalue weighted by Crippen LogP contribution is 2.51. The van der Waals surface area contributed by atoms with Gasteiger partial charge in [-0.15, -0.1) is 0 Å². The third-order valence-corrected chi connectivity index (χ3v) is 6.39. The summed E-state index contributed by atoms with van der Waals surface area (Å²) in [6, 6.07) is 2.55. The maximum atomic E-state index is 13.2. The van der Waals surface area contributed by atoms with Crippen LogP contribution < -0.4 is 14.8 Å². The lowest BCUT2D eigenvalue weighted by Crippen LogP contribution is -2.56. The second-order valence-electron chi connectivity index (χ2n) is 9.22. The smallest absolute Gasteiger partial charge is 0.249 e. The normalized spacial score (nSPS) is 22.7. The van der Waals surface area contributed by atoms with Crippen LogP contribution in [0.1, 0.15) is 37.3 Å². The minimum atomic E-state index is -1.14. The molecule has 0 radical (unpaired) electrons. The van der Waals surface area contributed by atoms with E-state index < -0.39 is 30.1 Å². The summed E-state index contributed by atoms with van der Waals surface area (Å²) in [5, 5.41) is 33.1. The van der Waals surface area contributed by atoms with E-state index >= 15 is 0 Å². The van der Waals surface area contributed by atoms with Crippen LogP contribution in [0.25, 0.3) is 0 Å². The molecule has 0 fully saturated rings. The van der Waals surface area contributed by atoms with Crippen molar-refractivity contribution in [3.63, 3.8) is 0 Å². The van der Waals surface area contributed by atoms with E-state index in [0.717, 1.165) is 0 Å². The molecule has 4 unspecified atom stereocenters. The van der Waals surface area contributed by atoms with Crippen molar-refractivity contribution in [2.75, 3.05) is 40.5 Å². The monoisotopic (exact) mass is 492 g/mol. The Bertz CT molecular complexity index is 948. The van der Waals surface area contributed by atoms with Crippen LogP contribution in [0.2, 0.25) is 0 Å². The third kappa shape index (κ3) is 5.61. The number of aliphatic hydroxyl groups is 3. The molecule has 0 saturated carbocycles. The number of carbonyl (C=O) groups is 2. The molecule has 0 aromatic heterocycles. The average molecular weight is 493 g/mol. The van der Waals surface area contributed by atoms with E-state index in [1.807, 2.05) is 13.8 Å². The van der Waals surface area contributed by atoms with Gasteiger partial charge in [-0.2, -0.15) is 0 Å². The molecule has 1 aromatic carbocycles. The zero-order valence-electron chi connectivity index (χ0n) is 20.7. The van der Waals surface area contributed by atoms with Gasteiger partial charge in [0.25, 0.3) is 0 Å². The zero-order valence-corrected chi connectivity index (χ0v) is 20.7. The fourth-order valence-corrected chi connectivity index (χ4v) is 4.66. The summed E-state index contributed by atoms with van der Waals surface area (Å²) in [5.41, 5.74) is 1.50. The lowest BCUT2D eigenvalue weighted by atomic mass is 9.77. The molecule has 4 atom stereocenters. The van der Waals surface area contributed by atoms with Gasteiger partial charge in [0.15, 0.2) is 11.5 Å². The van der Waals surface area contributed by atoms with Crippen molar-refractivity contribution in [1.29, 1.82) is 0 Å². The summed E-state index contributed by atoms with van der Waals surface area (Å²) in [4.78, 5) is 27.7. The number of amides is 2. The number of hydrogen-bond donors (Lipinski definition) is 4. The summed E-state index contributed by atoms with van der Waals surface area (Å²) >= 11 is 0. The summed E-state index contributed by atoms with van der Waals surface area (Å²) in [7, 11) is 2.90. The Hall–Kier alpha value is -2.66. The Balaban J connectivity index is 2.10. The van der Waals surface area contributed by atoms with Crippen molar-refractivity contribution in [1.82, 2.24) is 10.2 Å². The van der Waals surface area contributed by atoms with E-state index in [1.165, 1.54) is 19.1 Å². The number of fused-ring (bicyclic) bond motifs is 3. The molecule has 0 bridgehead atoms. The summed E-state index contributed by atoms with van der Waals surface area (Å²) in [6.45, 7) is 3.86. The number of methoxy groups -OCH3 is 2. The standard InChI is InChI=1S/C25H36N2O8/c1-14(2)5-7-27(20(30)13-33-3)18-11-17(25(32)26-6-8-28)21-16-9-15(12-29)10-19(34-4)23(16)35-24(21)22(18)31/h9-11,14,18,21-22,24,28-29,31H,5-8,12-13H2,1-4H3,(H,26,32). The lowest BCUT2D eigenvalue weighted by molar-refractivity contribution is -0.141. The van der Waals surface area contributed by atoms with Crippen LogP contribution in [-0.4, -0.2) is 90.8 Å². The lowest BCUT2D eigenvalue weighted by Gasteiger charge is -2.41. The zero-order chi connectivity index (χ0) is 25.7. The van der Waals surface area contributed by atoms with Crippen LogP contribution >= 0.6 is 0 Å². The van der Waals surface area contributed by atoms with E-state index in [-0.39, 0.29) is 32.3 Å². The molecule has 2 amide bonds. The highest BCUT2D eigenvalue weighted by Gasteiger charge is 2.51. The summed E-state index contributed by atoms with van der Waals surface area (Å²) in [6.07, 6.45) is 0.302. The van der Waals surface area contributed by atoms with Gasteiger partial charge in [-0.3, -0.25) is 9.59 Å². The molecule has 2 aliphatic rings.